The van der Waals surface area contributed by atoms with Crippen LogP contribution in [0, 0.1) is 24.3 Å². The maximum absolute atomic E-state index is 12.8. The lowest BCUT2D eigenvalue weighted by atomic mass is 10.2. The zero-order valence-electron chi connectivity index (χ0n) is 19.1. The molecule has 0 spiro atoms. The van der Waals surface area contributed by atoms with E-state index in [0.717, 1.165) is 26.1 Å². The first kappa shape index (κ1) is 25.1. The molecule has 0 aliphatic heterocycles. The van der Waals surface area contributed by atoms with E-state index in [2.05, 4.69) is 54.0 Å². The number of nitrogens with one attached hydrogen (secondary N) is 4. The summed E-state index contributed by atoms with van der Waals surface area (Å²) in [6.45, 7) is 5.92. The number of carbonyl (C=O) groups is 2. The molecule has 0 unspecified atom stereocenters. The van der Waals surface area contributed by atoms with Crippen LogP contribution in [0.15, 0.2) is 47.4 Å². The summed E-state index contributed by atoms with van der Waals surface area (Å²) in [5, 5.41) is 5.50. The first-order valence-corrected chi connectivity index (χ1v) is 11.6. The summed E-state index contributed by atoms with van der Waals surface area (Å²) < 4.78 is 2.35. The number of aryl methyl sites for hydroxylation is 3. The second-order valence-electron chi connectivity index (χ2n) is 7.68. The number of aromatic nitrogens is 3. The Bertz CT molecular complexity index is 1260. The summed E-state index contributed by atoms with van der Waals surface area (Å²) in [7, 11) is 0. The predicted molar refractivity (Wildman–Crippen MR) is 137 cm³/mol. The molecule has 0 saturated carbocycles. The SMILES string of the molecule is Cc1ccc(CNC(=O)Cn2c(C)cnc(NNC(=O)NCc3cccc(I)c3)c2=O)c(C)n1. The highest BCUT2D eigenvalue weighted by Crippen LogP contribution is 2.08. The van der Waals surface area contributed by atoms with Crippen LogP contribution in [-0.4, -0.2) is 26.5 Å². The lowest BCUT2D eigenvalue weighted by Gasteiger charge is -2.14. The number of urea groups is 1. The highest BCUT2D eigenvalue weighted by Gasteiger charge is 2.13. The molecule has 3 amide bonds. The third-order valence-corrected chi connectivity index (χ3v) is 5.67. The predicted octanol–water partition coefficient (Wildman–Crippen LogP) is 2.31. The zero-order chi connectivity index (χ0) is 24.7. The number of hydrogen-bond donors (Lipinski definition) is 4. The van der Waals surface area contributed by atoms with Crippen molar-refractivity contribution in [3.05, 3.63) is 84.7 Å². The van der Waals surface area contributed by atoms with Gasteiger partial charge >= 0.3 is 6.03 Å². The number of benzene rings is 1. The first-order valence-electron chi connectivity index (χ1n) is 10.5. The van der Waals surface area contributed by atoms with E-state index < -0.39 is 11.6 Å². The van der Waals surface area contributed by atoms with Gasteiger partial charge in [0.25, 0.3) is 5.56 Å². The molecule has 0 aliphatic carbocycles. The van der Waals surface area contributed by atoms with Gasteiger partial charge in [0, 0.05) is 39.9 Å². The third-order valence-electron chi connectivity index (χ3n) is 5.00. The van der Waals surface area contributed by atoms with E-state index in [-0.39, 0.29) is 18.3 Å². The van der Waals surface area contributed by atoms with Gasteiger partial charge in [-0.2, -0.15) is 0 Å². The van der Waals surface area contributed by atoms with Crippen molar-refractivity contribution in [2.24, 2.45) is 0 Å². The number of anilines is 1. The number of halogens is 1. The number of pyridine rings is 1. The smallest absolute Gasteiger partial charge is 0.333 e. The van der Waals surface area contributed by atoms with E-state index in [1.54, 1.807) is 6.92 Å². The van der Waals surface area contributed by atoms with Crippen molar-refractivity contribution >= 4 is 40.3 Å². The first-order chi connectivity index (χ1) is 16.2. The van der Waals surface area contributed by atoms with Crippen molar-refractivity contribution in [3.8, 4) is 0 Å². The fourth-order valence-electron chi connectivity index (χ4n) is 3.14. The van der Waals surface area contributed by atoms with Gasteiger partial charge < -0.3 is 10.6 Å². The number of hydrogen-bond acceptors (Lipinski definition) is 6. The minimum absolute atomic E-state index is 0.0959. The van der Waals surface area contributed by atoms with Gasteiger partial charge in [-0.05, 0) is 72.7 Å². The fraction of sp³-hybridized carbons (Fsp3) is 0.261. The van der Waals surface area contributed by atoms with Crippen molar-refractivity contribution in [1.82, 2.24) is 30.6 Å². The maximum atomic E-state index is 12.8. The molecule has 0 saturated heterocycles. The normalized spacial score (nSPS) is 10.5. The van der Waals surface area contributed by atoms with Gasteiger partial charge in [0.2, 0.25) is 11.7 Å². The van der Waals surface area contributed by atoms with E-state index in [9.17, 15) is 14.4 Å². The minimum atomic E-state index is -0.527. The lowest BCUT2D eigenvalue weighted by Crippen LogP contribution is -2.41. The number of hydrazine groups is 1. The number of amides is 3. The molecule has 10 nitrogen and oxygen atoms in total. The molecule has 2 heterocycles. The van der Waals surface area contributed by atoms with E-state index in [1.165, 1.54) is 10.8 Å². The summed E-state index contributed by atoms with van der Waals surface area (Å²) in [5.41, 5.74) is 8.51. The second kappa shape index (κ2) is 11.6. The van der Waals surface area contributed by atoms with Gasteiger partial charge in [0.1, 0.15) is 6.54 Å². The number of carbonyl (C=O) groups excluding carboxylic acids is 2. The van der Waals surface area contributed by atoms with E-state index in [1.807, 2.05) is 50.2 Å². The van der Waals surface area contributed by atoms with Crippen molar-refractivity contribution < 1.29 is 9.59 Å². The second-order valence-corrected chi connectivity index (χ2v) is 8.92. The quantitative estimate of drug-likeness (QED) is 0.241. The van der Waals surface area contributed by atoms with E-state index >= 15 is 0 Å². The highest BCUT2D eigenvalue weighted by molar-refractivity contribution is 14.1. The molecule has 2 aromatic heterocycles. The van der Waals surface area contributed by atoms with Gasteiger partial charge in [-0.1, -0.05) is 18.2 Å². The van der Waals surface area contributed by atoms with Crippen LogP contribution in [0.3, 0.4) is 0 Å². The summed E-state index contributed by atoms with van der Waals surface area (Å²) in [6, 6.07) is 11.0. The number of rotatable bonds is 8. The maximum Gasteiger partial charge on any atom is 0.333 e. The van der Waals surface area contributed by atoms with Gasteiger partial charge in [-0.15, -0.1) is 0 Å². The van der Waals surface area contributed by atoms with Crippen LogP contribution in [0.4, 0.5) is 10.6 Å². The summed E-state index contributed by atoms with van der Waals surface area (Å²) >= 11 is 2.20. The molecule has 3 rings (SSSR count). The Balaban J connectivity index is 1.56. The van der Waals surface area contributed by atoms with E-state index in [4.69, 9.17) is 0 Å². The summed E-state index contributed by atoms with van der Waals surface area (Å²) in [6.07, 6.45) is 1.45. The lowest BCUT2D eigenvalue weighted by molar-refractivity contribution is -0.121. The summed E-state index contributed by atoms with van der Waals surface area (Å²) in [5.74, 6) is -0.424. The molecule has 0 fully saturated rings. The zero-order valence-corrected chi connectivity index (χ0v) is 21.3. The molecular formula is C23H26IN7O3. The molecule has 0 atom stereocenters. The van der Waals surface area contributed by atoms with Crippen molar-refractivity contribution in [1.29, 1.82) is 0 Å². The topological polar surface area (TPSA) is 130 Å². The van der Waals surface area contributed by atoms with Crippen LogP contribution in [-0.2, 0) is 24.4 Å². The molecule has 4 N–H and O–H groups in total. The molecule has 34 heavy (non-hydrogen) atoms. The summed E-state index contributed by atoms with van der Waals surface area (Å²) in [4.78, 5) is 45.8. The van der Waals surface area contributed by atoms with Crippen LogP contribution in [0.2, 0.25) is 0 Å². The molecule has 3 aromatic rings. The Morgan fingerprint density at radius 3 is 2.59 bits per heavy atom. The Labute approximate surface area is 210 Å². The van der Waals surface area contributed by atoms with Crippen molar-refractivity contribution in [2.45, 2.75) is 40.4 Å². The Hall–Kier alpha value is -3.48. The molecule has 1 aromatic carbocycles. The van der Waals surface area contributed by atoms with Crippen LogP contribution in [0.5, 0.6) is 0 Å². The standard InChI is InChI=1S/C23H26IN7O3/c1-14-7-8-18(16(3)28-14)12-25-20(32)13-31-15(2)10-26-21(22(31)33)29-30-23(34)27-11-17-5-4-6-19(24)9-17/h4-10H,11-13H2,1-3H3,(H,25,32)(H,26,29)(H2,27,30,34). The Kier molecular flexibility index (Phi) is 8.57. The number of nitrogens with zero attached hydrogens (tertiary/aromatic N) is 3. The van der Waals surface area contributed by atoms with E-state index in [0.29, 0.717) is 18.8 Å². The molecule has 178 valence electrons. The average Bonchev–Trinajstić information content (AvgIpc) is 2.79. The monoisotopic (exact) mass is 575 g/mol. The molecule has 0 aliphatic rings. The van der Waals surface area contributed by atoms with Gasteiger partial charge in [-0.25, -0.2) is 9.78 Å². The molecule has 0 radical (unpaired) electrons. The average molecular weight is 575 g/mol. The van der Waals surface area contributed by atoms with Crippen LogP contribution < -0.4 is 27.0 Å². The van der Waals surface area contributed by atoms with Gasteiger partial charge in [0.15, 0.2) is 0 Å². The van der Waals surface area contributed by atoms with Crippen LogP contribution >= 0.6 is 22.6 Å². The van der Waals surface area contributed by atoms with Gasteiger partial charge in [0.05, 0.1) is 0 Å². The largest absolute Gasteiger partial charge is 0.350 e. The minimum Gasteiger partial charge on any atom is -0.350 e. The Morgan fingerprint density at radius 2 is 1.85 bits per heavy atom. The van der Waals surface area contributed by atoms with Crippen molar-refractivity contribution in [2.75, 3.05) is 5.43 Å². The van der Waals surface area contributed by atoms with Crippen LogP contribution in [0.25, 0.3) is 0 Å². The fourth-order valence-corrected chi connectivity index (χ4v) is 3.75. The highest BCUT2D eigenvalue weighted by atomic mass is 127. The van der Waals surface area contributed by atoms with Gasteiger partial charge in [-0.3, -0.25) is 30.0 Å². The Morgan fingerprint density at radius 1 is 1.06 bits per heavy atom. The van der Waals surface area contributed by atoms with Crippen LogP contribution in [0.1, 0.15) is 28.2 Å². The molecule has 0 bridgehead atoms. The third kappa shape index (κ3) is 7.01. The molecule has 11 heteroatoms. The molecular weight excluding hydrogens is 549 g/mol. The van der Waals surface area contributed by atoms with Crippen molar-refractivity contribution in [3.63, 3.8) is 0 Å².